The number of carbonyl (C=O) groups excluding carboxylic acids is 1. The van der Waals surface area contributed by atoms with Crippen molar-refractivity contribution in [2.75, 3.05) is 11.9 Å². The fourth-order valence-electron chi connectivity index (χ4n) is 2.95. The number of amides is 1. The zero-order valence-corrected chi connectivity index (χ0v) is 12.5. The topological polar surface area (TPSA) is 41.1 Å². The summed E-state index contributed by atoms with van der Waals surface area (Å²) in [6, 6.07) is 8.28. The minimum Gasteiger partial charge on any atom is -0.325 e. The van der Waals surface area contributed by atoms with Gasteiger partial charge in [-0.2, -0.15) is 0 Å². The molecule has 1 aromatic carbocycles. The molecule has 1 atom stereocenters. The Labute approximate surface area is 124 Å². The van der Waals surface area contributed by atoms with E-state index in [1.165, 1.54) is 30.6 Å². The molecule has 2 N–H and O–H groups in total. The minimum absolute atomic E-state index is 0.0115. The predicted octanol–water partition coefficient (Wildman–Crippen LogP) is 3.41. The highest BCUT2D eigenvalue weighted by Gasteiger charge is 2.22. The number of anilines is 1. The molecule has 108 valence electrons. The molecule has 1 aliphatic carbocycles. The molecule has 2 fully saturated rings. The summed E-state index contributed by atoms with van der Waals surface area (Å²) in [7, 11) is 0. The highest BCUT2D eigenvalue weighted by molar-refractivity contribution is 8.00. The molecule has 2 aliphatic rings. The molecule has 0 radical (unpaired) electrons. The first-order valence-corrected chi connectivity index (χ1v) is 8.50. The number of thioether (sulfide) groups is 1. The number of hydrogen-bond donors (Lipinski definition) is 2. The molecule has 4 heteroatoms. The summed E-state index contributed by atoms with van der Waals surface area (Å²) in [6.45, 7) is 0.953. The van der Waals surface area contributed by atoms with Gasteiger partial charge >= 0.3 is 0 Å². The summed E-state index contributed by atoms with van der Waals surface area (Å²) in [5, 5.41) is 7.00. The van der Waals surface area contributed by atoms with Gasteiger partial charge < -0.3 is 10.6 Å². The van der Waals surface area contributed by atoms with Crippen molar-refractivity contribution >= 4 is 23.4 Å². The van der Waals surface area contributed by atoms with Crippen molar-refractivity contribution in [1.29, 1.82) is 0 Å². The van der Waals surface area contributed by atoms with E-state index >= 15 is 0 Å². The average Bonchev–Trinajstić information content (AvgIpc) is 3.13. The second-order valence-electron chi connectivity index (χ2n) is 5.69. The van der Waals surface area contributed by atoms with Gasteiger partial charge in [-0.3, -0.25) is 4.79 Å². The molecule has 1 saturated carbocycles. The van der Waals surface area contributed by atoms with Gasteiger partial charge in [0, 0.05) is 15.8 Å². The summed E-state index contributed by atoms with van der Waals surface area (Å²) >= 11 is 1.98. The van der Waals surface area contributed by atoms with E-state index in [1.54, 1.807) is 0 Å². The van der Waals surface area contributed by atoms with Gasteiger partial charge in [0.05, 0.1) is 6.04 Å². The third kappa shape index (κ3) is 3.55. The summed E-state index contributed by atoms with van der Waals surface area (Å²) in [4.78, 5) is 13.3. The van der Waals surface area contributed by atoms with E-state index in [-0.39, 0.29) is 11.9 Å². The third-order valence-corrected chi connectivity index (χ3v) is 5.45. The molecular weight excluding hydrogens is 268 g/mol. The summed E-state index contributed by atoms with van der Waals surface area (Å²) < 4.78 is 0. The van der Waals surface area contributed by atoms with Crippen LogP contribution in [0.2, 0.25) is 0 Å². The van der Waals surface area contributed by atoms with Gasteiger partial charge in [0.2, 0.25) is 5.91 Å². The van der Waals surface area contributed by atoms with Crippen LogP contribution in [0.4, 0.5) is 5.69 Å². The quantitative estimate of drug-likeness (QED) is 0.893. The van der Waals surface area contributed by atoms with Crippen LogP contribution in [0.25, 0.3) is 0 Å². The van der Waals surface area contributed by atoms with Crippen LogP contribution in [0.15, 0.2) is 29.2 Å². The summed E-state index contributed by atoms with van der Waals surface area (Å²) in [5.41, 5.74) is 0.902. The average molecular weight is 290 g/mol. The van der Waals surface area contributed by atoms with E-state index in [1.807, 2.05) is 23.9 Å². The Hall–Kier alpha value is -1.00. The van der Waals surface area contributed by atoms with Crippen LogP contribution in [0, 0.1) is 0 Å². The lowest BCUT2D eigenvalue weighted by Crippen LogP contribution is -2.35. The lowest BCUT2D eigenvalue weighted by atomic mass is 10.2. The first-order chi connectivity index (χ1) is 9.81. The van der Waals surface area contributed by atoms with Crippen LogP contribution in [0.1, 0.15) is 38.5 Å². The van der Waals surface area contributed by atoms with E-state index in [9.17, 15) is 4.79 Å². The highest BCUT2D eigenvalue weighted by Crippen LogP contribution is 2.34. The SMILES string of the molecule is O=C(Nc1ccc(SC2CCCC2)cc1)[C@H]1CCCN1. The molecule has 1 saturated heterocycles. The van der Waals surface area contributed by atoms with E-state index in [4.69, 9.17) is 0 Å². The van der Waals surface area contributed by atoms with Crippen molar-refractivity contribution in [3.8, 4) is 0 Å². The molecule has 20 heavy (non-hydrogen) atoms. The van der Waals surface area contributed by atoms with Crippen molar-refractivity contribution in [1.82, 2.24) is 5.32 Å². The first-order valence-electron chi connectivity index (χ1n) is 7.62. The maximum Gasteiger partial charge on any atom is 0.241 e. The van der Waals surface area contributed by atoms with E-state index in [0.717, 1.165) is 30.3 Å². The zero-order chi connectivity index (χ0) is 13.8. The van der Waals surface area contributed by atoms with Crippen molar-refractivity contribution in [3.63, 3.8) is 0 Å². The number of rotatable bonds is 4. The molecule has 1 heterocycles. The molecule has 1 aliphatic heterocycles. The Kier molecular flexibility index (Phi) is 4.63. The van der Waals surface area contributed by atoms with Crippen LogP contribution < -0.4 is 10.6 Å². The first kappa shape index (κ1) is 14.0. The van der Waals surface area contributed by atoms with Gasteiger partial charge in [0.15, 0.2) is 0 Å². The second-order valence-corrected chi connectivity index (χ2v) is 7.06. The lowest BCUT2D eigenvalue weighted by molar-refractivity contribution is -0.117. The fourth-order valence-corrected chi connectivity index (χ4v) is 4.20. The number of carbonyl (C=O) groups is 1. The Morgan fingerprint density at radius 1 is 1.10 bits per heavy atom. The second kappa shape index (κ2) is 6.64. The number of nitrogens with one attached hydrogen (secondary N) is 2. The van der Waals surface area contributed by atoms with Gasteiger partial charge in [0.25, 0.3) is 0 Å². The van der Waals surface area contributed by atoms with Crippen LogP contribution >= 0.6 is 11.8 Å². The van der Waals surface area contributed by atoms with Crippen molar-refractivity contribution in [3.05, 3.63) is 24.3 Å². The standard InChI is InChI=1S/C16H22N2OS/c19-16(15-6-3-11-17-15)18-12-7-9-14(10-8-12)20-13-4-1-2-5-13/h7-10,13,15,17H,1-6,11H2,(H,18,19)/t15-/m1/s1. The van der Waals surface area contributed by atoms with E-state index in [2.05, 4.69) is 22.8 Å². The van der Waals surface area contributed by atoms with Crippen molar-refractivity contribution < 1.29 is 4.79 Å². The smallest absolute Gasteiger partial charge is 0.241 e. The molecule has 0 aromatic heterocycles. The van der Waals surface area contributed by atoms with Gasteiger partial charge in [0.1, 0.15) is 0 Å². The molecule has 1 aromatic rings. The van der Waals surface area contributed by atoms with Gasteiger partial charge in [-0.1, -0.05) is 12.8 Å². The minimum atomic E-state index is -0.0115. The van der Waals surface area contributed by atoms with E-state index in [0.29, 0.717) is 0 Å². The maximum absolute atomic E-state index is 12.0. The van der Waals surface area contributed by atoms with Crippen LogP contribution in [-0.2, 0) is 4.79 Å². The third-order valence-electron chi connectivity index (χ3n) is 4.10. The summed E-state index contributed by atoms with van der Waals surface area (Å²) in [6.07, 6.45) is 7.48. The molecule has 0 bridgehead atoms. The van der Waals surface area contributed by atoms with Crippen LogP contribution in [0.3, 0.4) is 0 Å². The molecule has 3 nitrogen and oxygen atoms in total. The zero-order valence-electron chi connectivity index (χ0n) is 11.7. The van der Waals surface area contributed by atoms with E-state index < -0.39 is 0 Å². The van der Waals surface area contributed by atoms with Crippen molar-refractivity contribution in [2.45, 2.75) is 54.7 Å². The lowest BCUT2D eigenvalue weighted by Gasteiger charge is -2.12. The normalized spacial score (nSPS) is 23.1. The molecule has 0 unspecified atom stereocenters. The van der Waals surface area contributed by atoms with Gasteiger partial charge in [-0.15, -0.1) is 11.8 Å². The van der Waals surface area contributed by atoms with Gasteiger partial charge in [-0.25, -0.2) is 0 Å². The van der Waals surface area contributed by atoms with Crippen LogP contribution in [-0.4, -0.2) is 23.7 Å². The predicted molar refractivity (Wildman–Crippen MR) is 84.2 cm³/mol. The Balaban J connectivity index is 1.53. The monoisotopic (exact) mass is 290 g/mol. The molecule has 1 amide bonds. The molecule has 0 spiro atoms. The highest BCUT2D eigenvalue weighted by atomic mass is 32.2. The molecule has 3 rings (SSSR count). The number of benzene rings is 1. The molecular formula is C16H22N2OS. The largest absolute Gasteiger partial charge is 0.325 e. The summed E-state index contributed by atoms with van der Waals surface area (Å²) in [5.74, 6) is 0.0960. The maximum atomic E-state index is 12.0. The fraction of sp³-hybridized carbons (Fsp3) is 0.562. The Bertz CT molecular complexity index is 448. The number of hydrogen-bond acceptors (Lipinski definition) is 3. The Morgan fingerprint density at radius 2 is 1.85 bits per heavy atom. The van der Waals surface area contributed by atoms with Gasteiger partial charge in [-0.05, 0) is 56.5 Å². The Morgan fingerprint density at radius 3 is 2.50 bits per heavy atom. The van der Waals surface area contributed by atoms with Crippen LogP contribution in [0.5, 0.6) is 0 Å². The van der Waals surface area contributed by atoms with Crippen molar-refractivity contribution in [2.24, 2.45) is 0 Å².